The van der Waals surface area contributed by atoms with Gasteiger partial charge in [-0.05, 0) is 0 Å². The molecule has 3 nitrogen and oxygen atoms in total. The van der Waals surface area contributed by atoms with Crippen LogP contribution in [0, 0.1) is 0 Å². The number of benzene rings is 1. The van der Waals surface area contributed by atoms with Crippen molar-refractivity contribution in [2.24, 2.45) is 0 Å². The Kier molecular flexibility index (Phi) is 3.74. The second-order valence-corrected chi connectivity index (χ2v) is 2.86. The summed E-state index contributed by atoms with van der Waals surface area (Å²) in [6.45, 7) is 0. The molecule has 0 fully saturated rings. The molecule has 1 N–H and O–H groups in total. The Hall–Kier alpha value is -1.49. The van der Waals surface area contributed by atoms with Crippen LogP contribution in [0.4, 0.5) is 8.78 Å². The van der Waals surface area contributed by atoms with Crippen LogP contribution in [0.3, 0.4) is 0 Å². The van der Waals surface area contributed by atoms with Crippen LogP contribution in [0.2, 0.25) is 0 Å². The number of ether oxygens (including phenoxy) is 1. The molecule has 1 aromatic rings. The Morgan fingerprint density at radius 2 is 1.87 bits per heavy atom. The molecular formula is C10H10F2O3. The molecule has 0 amide bonds. The van der Waals surface area contributed by atoms with E-state index in [9.17, 15) is 18.7 Å². The van der Waals surface area contributed by atoms with E-state index in [1.165, 1.54) is 18.2 Å². The van der Waals surface area contributed by atoms with Crippen molar-refractivity contribution in [3.05, 3.63) is 35.4 Å². The fraction of sp³-hybridized carbons (Fsp3) is 0.300. The van der Waals surface area contributed by atoms with Crippen molar-refractivity contribution in [1.82, 2.24) is 0 Å². The highest BCUT2D eigenvalue weighted by molar-refractivity contribution is 5.76. The minimum atomic E-state index is -2.74. The summed E-state index contributed by atoms with van der Waals surface area (Å²) in [5, 5.41) is 9.41. The minimum Gasteiger partial charge on any atom is -0.467 e. The summed E-state index contributed by atoms with van der Waals surface area (Å²) < 4.78 is 29.3. The number of carbonyl (C=O) groups is 1. The topological polar surface area (TPSA) is 46.5 Å². The van der Waals surface area contributed by atoms with Gasteiger partial charge in [-0.25, -0.2) is 13.6 Å². The smallest absolute Gasteiger partial charge is 0.339 e. The van der Waals surface area contributed by atoms with Crippen molar-refractivity contribution < 1.29 is 23.4 Å². The molecule has 1 aromatic carbocycles. The Morgan fingerprint density at radius 3 is 2.33 bits per heavy atom. The first-order valence-corrected chi connectivity index (χ1v) is 4.20. The van der Waals surface area contributed by atoms with Crippen molar-refractivity contribution in [3.63, 3.8) is 0 Å². The van der Waals surface area contributed by atoms with Gasteiger partial charge >= 0.3 is 5.97 Å². The van der Waals surface area contributed by atoms with Crippen LogP contribution >= 0.6 is 0 Å². The molecule has 0 aliphatic carbocycles. The van der Waals surface area contributed by atoms with E-state index < -0.39 is 18.5 Å². The van der Waals surface area contributed by atoms with Gasteiger partial charge in [0.2, 0.25) is 0 Å². The zero-order chi connectivity index (χ0) is 11.4. The number of alkyl halides is 2. The van der Waals surface area contributed by atoms with Gasteiger partial charge in [0.1, 0.15) is 0 Å². The number of hydrogen-bond donors (Lipinski definition) is 1. The highest BCUT2D eigenvalue weighted by Gasteiger charge is 2.23. The lowest BCUT2D eigenvalue weighted by Crippen LogP contribution is -2.15. The normalized spacial score (nSPS) is 12.6. The predicted octanol–water partition coefficient (Wildman–Crippen LogP) is 1.83. The SMILES string of the molecule is COC(=O)C(O)c1ccccc1C(F)F. The number of methoxy groups -OCH3 is 1. The van der Waals surface area contributed by atoms with Crippen molar-refractivity contribution in [1.29, 1.82) is 0 Å². The molecule has 5 heteroatoms. The summed E-state index contributed by atoms with van der Waals surface area (Å²) in [5.74, 6) is -0.955. The number of halogens is 2. The average molecular weight is 216 g/mol. The Morgan fingerprint density at radius 1 is 1.33 bits per heavy atom. The zero-order valence-electron chi connectivity index (χ0n) is 7.98. The van der Waals surface area contributed by atoms with E-state index in [-0.39, 0.29) is 11.1 Å². The summed E-state index contributed by atoms with van der Waals surface area (Å²) >= 11 is 0. The molecule has 15 heavy (non-hydrogen) atoms. The lowest BCUT2D eigenvalue weighted by molar-refractivity contribution is -0.150. The fourth-order valence-electron chi connectivity index (χ4n) is 1.20. The highest BCUT2D eigenvalue weighted by atomic mass is 19.3. The first-order chi connectivity index (χ1) is 7.07. The average Bonchev–Trinajstić information content (AvgIpc) is 2.27. The monoisotopic (exact) mass is 216 g/mol. The third-order valence-corrected chi connectivity index (χ3v) is 1.95. The standard InChI is InChI=1S/C10H10F2O3/c1-15-10(14)8(13)6-4-2-3-5-7(6)9(11)12/h2-5,8-9,13H,1H3. The largest absolute Gasteiger partial charge is 0.467 e. The van der Waals surface area contributed by atoms with E-state index in [0.717, 1.165) is 13.2 Å². The summed E-state index contributed by atoms with van der Waals surface area (Å²) in [7, 11) is 1.08. The first kappa shape index (κ1) is 11.6. The molecule has 1 unspecified atom stereocenters. The molecule has 0 aliphatic rings. The van der Waals surface area contributed by atoms with Crippen LogP contribution in [0.25, 0.3) is 0 Å². The fourth-order valence-corrected chi connectivity index (χ4v) is 1.20. The van der Waals surface area contributed by atoms with Crippen molar-refractivity contribution in [2.75, 3.05) is 7.11 Å². The Bertz CT molecular complexity index is 352. The van der Waals surface area contributed by atoms with Crippen LogP contribution in [-0.2, 0) is 9.53 Å². The van der Waals surface area contributed by atoms with E-state index >= 15 is 0 Å². The molecule has 0 heterocycles. The maximum Gasteiger partial charge on any atom is 0.339 e. The van der Waals surface area contributed by atoms with Gasteiger partial charge in [0.15, 0.2) is 6.10 Å². The molecule has 0 aromatic heterocycles. The molecule has 0 saturated heterocycles. The van der Waals surface area contributed by atoms with Crippen molar-refractivity contribution in [2.45, 2.75) is 12.5 Å². The van der Waals surface area contributed by atoms with Gasteiger partial charge in [-0.3, -0.25) is 0 Å². The van der Waals surface area contributed by atoms with Gasteiger partial charge in [0.25, 0.3) is 6.43 Å². The zero-order valence-corrected chi connectivity index (χ0v) is 7.98. The summed E-state index contributed by atoms with van der Waals surface area (Å²) in [6, 6.07) is 5.30. The van der Waals surface area contributed by atoms with Crippen LogP contribution in [0.1, 0.15) is 23.7 Å². The quantitative estimate of drug-likeness (QED) is 0.784. The van der Waals surface area contributed by atoms with Crippen LogP contribution in [0.15, 0.2) is 24.3 Å². The predicted molar refractivity (Wildman–Crippen MR) is 48.4 cm³/mol. The number of rotatable bonds is 3. The van der Waals surface area contributed by atoms with Gasteiger partial charge < -0.3 is 9.84 Å². The number of carbonyl (C=O) groups excluding carboxylic acids is 1. The molecule has 0 aliphatic heterocycles. The number of esters is 1. The summed E-state index contributed by atoms with van der Waals surface area (Å²) in [6.07, 6.45) is -4.40. The van der Waals surface area contributed by atoms with Crippen molar-refractivity contribution >= 4 is 5.97 Å². The third kappa shape index (κ3) is 2.50. The first-order valence-electron chi connectivity index (χ1n) is 4.20. The Labute approximate surface area is 85.3 Å². The van der Waals surface area contributed by atoms with Gasteiger partial charge in [-0.15, -0.1) is 0 Å². The number of hydrogen-bond acceptors (Lipinski definition) is 3. The second-order valence-electron chi connectivity index (χ2n) is 2.86. The third-order valence-electron chi connectivity index (χ3n) is 1.95. The van der Waals surface area contributed by atoms with Crippen molar-refractivity contribution in [3.8, 4) is 0 Å². The van der Waals surface area contributed by atoms with E-state index in [2.05, 4.69) is 4.74 Å². The Balaban J connectivity index is 3.07. The van der Waals surface area contributed by atoms with Gasteiger partial charge in [0, 0.05) is 11.1 Å². The summed E-state index contributed by atoms with van der Waals surface area (Å²) in [4.78, 5) is 11.0. The second kappa shape index (κ2) is 4.84. The molecule has 0 radical (unpaired) electrons. The maximum atomic E-state index is 12.5. The van der Waals surface area contributed by atoms with Crippen LogP contribution < -0.4 is 0 Å². The molecule has 1 rings (SSSR count). The van der Waals surface area contributed by atoms with Gasteiger partial charge in [0.05, 0.1) is 7.11 Å². The maximum absolute atomic E-state index is 12.5. The molecule has 82 valence electrons. The van der Waals surface area contributed by atoms with E-state index in [1.807, 2.05) is 0 Å². The van der Waals surface area contributed by atoms with Crippen LogP contribution in [-0.4, -0.2) is 18.2 Å². The summed E-state index contributed by atoms with van der Waals surface area (Å²) in [5.41, 5.74) is -0.491. The molecule has 1 atom stereocenters. The molecular weight excluding hydrogens is 206 g/mol. The molecule has 0 saturated carbocycles. The molecule has 0 bridgehead atoms. The molecule has 0 spiro atoms. The highest BCUT2D eigenvalue weighted by Crippen LogP contribution is 2.27. The van der Waals surface area contributed by atoms with E-state index in [0.29, 0.717) is 0 Å². The van der Waals surface area contributed by atoms with E-state index in [1.54, 1.807) is 0 Å². The number of aliphatic hydroxyl groups excluding tert-OH is 1. The van der Waals surface area contributed by atoms with Gasteiger partial charge in [-0.1, -0.05) is 24.3 Å². The lowest BCUT2D eigenvalue weighted by Gasteiger charge is -2.12. The lowest BCUT2D eigenvalue weighted by atomic mass is 10.0. The number of aliphatic hydroxyl groups is 1. The van der Waals surface area contributed by atoms with Crippen LogP contribution in [0.5, 0.6) is 0 Å². The minimum absolute atomic E-state index is 0.126. The van der Waals surface area contributed by atoms with E-state index in [4.69, 9.17) is 0 Å². The van der Waals surface area contributed by atoms with Gasteiger partial charge in [-0.2, -0.15) is 0 Å².